The number of rotatable bonds is 5. The Hall–Kier alpha value is -1.16. The lowest BCUT2D eigenvalue weighted by molar-refractivity contribution is 0.485. The predicted molar refractivity (Wildman–Crippen MR) is 76.4 cm³/mol. The largest absolute Gasteiger partial charge is 0.367 e. The topological polar surface area (TPSA) is 29.3 Å². The molecule has 0 aliphatic heterocycles. The van der Waals surface area contributed by atoms with Crippen LogP contribution in [0.25, 0.3) is 0 Å². The predicted octanol–water partition coefficient (Wildman–Crippen LogP) is 3.34. The van der Waals surface area contributed by atoms with E-state index in [4.69, 9.17) is 5.73 Å². The van der Waals surface area contributed by atoms with Crippen molar-refractivity contribution in [2.45, 2.75) is 46.2 Å². The Labute approximate surface area is 114 Å². The fourth-order valence-electron chi connectivity index (χ4n) is 2.10. The van der Waals surface area contributed by atoms with Crippen LogP contribution in [0.15, 0.2) is 12.1 Å². The monoisotopic (exact) mass is 270 g/mol. The second-order valence-electron chi connectivity index (χ2n) is 5.69. The summed E-state index contributed by atoms with van der Waals surface area (Å²) in [5, 5.41) is 0. The van der Waals surface area contributed by atoms with E-state index in [0.717, 1.165) is 0 Å². The van der Waals surface area contributed by atoms with Gasteiger partial charge in [0.2, 0.25) is 0 Å². The first-order chi connectivity index (χ1) is 8.73. The van der Waals surface area contributed by atoms with Gasteiger partial charge in [0.25, 0.3) is 0 Å². The SMILES string of the molecule is CC(N)Cc1cc(F)c(N(C)C(C)C(C)C)c(F)c1. The van der Waals surface area contributed by atoms with Crippen molar-refractivity contribution < 1.29 is 8.78 Å². The minimum atomic E-state index is -0.523. The van der Waals surface area contributed by atoms with Crippen LogP contribution in [0, 0.1) is 17.6 Å². The maximum atomic E-state index is 14.1. The maximum Gasteiger partial charge on any atom is 0.149 e. The van der Waals surface area contributed by atoms with Crippen molar-refractivity contribution in [2.75, 3.05) is 11.9 Å². The first kappa shape index (κ1) is 15.9. The Morgan fingerprint density at radius 2 is 1.58 bits per heavy atom. The van der Waals surface area contributed by atoms with Gasteiger partial charge in [-0.3, -0.25) is 0 Å². The molecule has 1 rings (SSSR count). The maximum absolute atomic E-state index is 14.1. The van der Waals surface area contributed by atoms with Crippen molar-refractivity contribution in [2.24, 2.45) is 11.7 Å². The number of anilines is 1. The fraction of sp³-hybridized carbons (Fsp3) is 0.600. The molecule has 19 heavy (non-hydrogen) atoms. The van der Waals surface area contributed by atoms with E-state index in [2.05, 4.69) is 0 Å². The van der Waals surface area contributed by atoms with Crippen molar-refractivity contribution in [3.63, 3.8) is 0 Å². The molecule has 0 aliphatic rings. The van der Waals surface area contributed by atoms with Gasteiger partial charge in [0.05, 0.1) is 0 Å². The van der Waals surface area contributed by atoms with Gasteiger partial charge in [-0.1, -0.05) is 13.8 Å². The molecule has 0 saturated carbocycles. The first-order valence-corrected chi connectivity index (χ1v) is 6.70. The number of halogens is 2. The van der Waals surface area contributed by atoms with Crippen LogP contribution < -0.4 is 10.6 Å². The number of hydrogen-bond donors (Lipinski definition) is 1. The van der Waals surface area contributed by atoms with Gasteiger partial charge >= 0.3 is 0 Å². The molecular formula is C15H24F2N2. The molecule has 0 saturated heterocycles. The van der Waals surface area contributed by atoms with E-state index in [0.29, 0.717) is 17.9 Å². The van der Waals surface area contributed by atoms with E-state index in [1.165, 1.54) is 12.1 Å². The Bertz CT molecular complexity index is 407. The molecule has 0 spiro atoms. The second-order valence-corrected chi connectivity index (χ2v) is 5.69. The summed E-state index contributed by atoms with van der Waals surface area (Å²) >= 11 is 0. The van der Waals surface area contributed by atoms with Crippen molar-refractivity contribution in [3.05, 3.63) is 29.3 Å². The normalized spacial score (nSPS) is 14.6. The molecule has 2 nitrogen and oxygen atoms in total. The Balaban J connectivity index is 3.09. The van der Waals surface area contributed by atoms with Crippen molar-refractivity contribution in [1.82, 2.24) is 0 Å². The van der Waals surface area contributed by atoms with Gasteiger partial charge in [0.15, 0.2) is 0 Å². The average Bonchev–Trinajstić information content (AvgIpc) is 2.25. The first-order valence-electron chi connectivity index (χ1n) is 6.70. The number of nitrogens with two attached hydrogens (primary N) is 1. The second kappa shape index (κ2) is 6.33. The highest BCUT2D eigenvalue weighted by Gasteiger charge is 2.21. The zero-order valence-electron chi connectivity index (χ0n) is 12.4. The van der Waals surface area contributed by atoms with Crippen LogP contribution in [0.1, 0.15) is 33.3 Å². The molecule has 108 valence electrons. The van der Waals surface area contributed by atoms with Gasteiger partial charge in [-0.25, -0.2) is 8.78 Å². The van der Waals surface area contributed by atoms with Crippen LogP contribution in [0.3, 0.4) is 0 Å². The van der Waals surface area contributed by atoms with E-state index in [-0.39, 0.29) is 17.8 Å². The molecule has 0 bridgehead atoms. The summed E-state index contributed by atoms with van der Waals surface area (Å²) in [6.45, 7) is 7.83. The smallest absolute Gasteiger partial charge is 0.149 e. The van der Waals surface area contributed by atoms with Gasteiger partial charge in [-0.15, -0.1) is 0 Å². The molecule has 2 N–H and O–H groups in total. The average molecular weight is 270 g/mol. The Kier molecular flexibility index (Phi) is 5.29. The zero-order chi connectivity index (χ0) is 14.7. The van der Waals surface area contributed by atoms with E-state index in [1.54, 1.807) is 11.9 Å². The molecular weight excluding hydrogens is 246 g/mol. The number of hydrogen-bond acceptors (Lipinski definition) is 2. The third kappa shape index (κ3) is 3.90. The van der Waals surface area contributed by atoms with E-state index in [9.17, 15) is 8.78 Å². The standard InChI is InChI=1S/C15H24F2N2/c1-9(2)11(4)19(5)15-13(16)7-12(6-10(3)18)8-14(15)17/h7-11H,6,18H2,1-5H3. The fourth-order valence-corrected chi connectivity index (χ4v) is 2.10. The summed E-state index contributed by atoms with van der Waals surface area (Å²) in [5.41, 5.74) is 6.29. The molecule has 0 aliphatic carbocycles. The third-order valence-electron chi connectivity index (χ3n) is 3.56. The van der Waals surface area contributed by atoms with Gasteiger partial charge in [-0.05, 0) is 43.9 Å². The van der Waals surface area contributed by atoms with E-state index < -0.39 is 11.6 Å². The highest BCUT2D eigenvalue weighted by Crippen LogP contribution is 2.27. The van der Waals surface area contributed by atoms with Crippen LogP contribution in [0.4, 0.5) is 14.5 Å². The molecule has 0 amide bonds. The van der Waals surface area contributed by atoms with Crippen molar-refractivity contribution >= 4 is 5.69 Å². The van der Waals surface area contributed by atoms with Crippen molar-refractivity contribution in [1.29, 1.82) is 0 Å². The molecule has 4 heteroatoms. The summed E-state index contributed by atoms with van der Waals surface area (Å²) < 4.78 is 28.2. The molecule has 2 atom stereocenters. The van der Waals surface area contributed by atoms with Crippen LogP contribution in [-0.4, -0.2) is 19.1 Å². The summed E-state index contributed by atoms with van der Waals surface area (Å²) in [4.78, 5) is 1.66. The molecule has 1 aromatic rings. The van der Waals surface area contributed by atoms with Crippen LogP contribution in [0.2, 0.25) is 0 Å². The summed E-state index contributed by atoms with van der Waals surface area (Å²) in [6.07, 6.45) is 0.470. The van der Waals surface area contributed by atoms with Crippen LogP contribution in [-0.2, 0) is 6.42 Å². The summed E-state index contributed by atoms with van der Waals surface area (Å²) in [5.74, 6) is -0.733. The molecule has 0 fully saturated rings. The molecule has 0 heterocycles. The van der Waals surface area contributed by atoms with Gasteiger partial charge in [0, 0.05) is 19.1 Å². The summed E-state index contributed by atoms with van der Waals surface area (Å²) in [6, 6.07) is 2.71. The lowest BCUT2D eigenvalue weighted by Crippen LogP contribution is -2.34. The molecule has 1 aromatic carbocycles. The third-order valence-corrected chi connectivity index (χ3v) is 3.56. The number of benzene rings is 1. The zero-order valence-corrected chi connectivity index (χ0v) is 12.4. The summed E-state index contributed by atoms with van der Waals surface area (Å²) in [7, 11) is 1.72. The van der Waals surface area contributed by atoms with Gasteiger partial charge in [0.1, 0.15) is 17.3 Å². The highest BCUT2D eigenvalue weighted by atomic mass is 19.1. The van der Waals surface area contributed by atoms with E-state index in [1.807, 2.05) is 27.7 Å². The lowest BCUT2D eigenvalue weighted by Gasteiger charge is -2.30. The highest BCUT2D eigenvalue weighted by molar-refractivity contribution is 5.51. The molecule has 0 radical (unpaired) electrons. The Morgan fingerprint density at radius 1 is 1.11 bits per heavy atom. The molecule has 2 unspecified atom stereocenters. The minimum absolute atomic E-state index is 0.0367. The van der Waals surface area contributed by atoms with Gasteiger partial charge in [-0.2, -0.15) is 0 Å². The quantitative estimate of drug-likeness (QED) is 0.889. The minimum Gasteiger partial charge on any atom is -0.367 e. The van der Waals surface area contributed by atoms with Crippen molar-refractivity contribution in [3.8, 4) is 0 Å². The number of nitrogens with zero attached hydrogens (tertiary/aromatic N) is 1. The van der Waals surface area contributed by atoms with E-state index >= 15 is 0 Å². The Morgan fingerprint density at radius 3 is 1.95 bits per heavy atom. The lowest BCUT2D eigenvalue weighted by atomic mass is 10.0. The van der Waals surface area contributed by atoms with Crippen LogP contribution in [0.5, 0.6) is 0 Å². The molecule has 0 aromatic heterocycles. The van der Waals surface area contributed by atoms with Crippen LogP contribution >= 0.6 is 0 Å². The van der Waals surface area contributed by atoms with Gasteiger partial charge < -0.3 is 10.6 Å².